The molecule has 0 saturated carbocycles. The lowest BCUT2D eigenvalue weighted by molar-refractivity contribution is -0.385. The van der Waals surface area contributed by atoms with E-state index in [9.17, 15) is 14.9 Å². The van der Waals surface area contributed by atoms with E-state index >= 15 is 0 Å². The van der Waals surface area contributed by atoms with E-state index in [1.54, 1.807) is 31.0 Å². The molecule has 0 unspecified atom stereocenters. The largest absolute Gasteiger partial charge is 0.365 e. The number of nitrogens with one attached hydrogen (secondary N) is 1. The Morgan fingerprint density at radius 1 is 1.17 bits per heavy atom. The molecular formula is C17H19N3O3. The Labute approximate surface area is 134 Å². The summed E-state index contributed by atoms with van der Waals surface area (Å²) in [6.45, 7) is 3.82. The normalized spacial score (nSPS) is 10.2. The number of carbonyl (C=O) groups is 1. The van der Waals surface area contributed by atoms with Crippen LogP contribution in [-0.4, -0.2) is 24.4 Å². The summed E-state index contributed by atoms with van der Waals surface area (Å²) in [5, 5.41) is 13.7. The zero-order chi connectivity index (χ0) is 17.0. The zero-order valence-electron chi connectivity index (χ0n) is 13.4. The molecule has 0 aromatic heterocycles. The first-order chi connectivity index (χ1) is 10.9. The smallest absolute Gasteiger partial charge is 0.272 e. The lowest BCUT2D eigenvalue weighted by Crippen LogP contribution is -2.30. The van der Waals surface area contributed by atoms with Crippen molar-refractivity contribution < 1.29 is 9.72 Å². The maximum absolute atomic E-state index is 12.1. The Balaban J connectivity index is 2.02. The van der Waals surface area contributed by atoms with Crippen LogP contribution < -0.4 is 10.2 Å². The van der Waals surface area contributed by atoms with E-state index in [0.717, 1.165) is 16.9 Å². The van der Waals surface area contributed by atoms with Crippen LogP contribution in [-0.2, 0) is 4.79 Å². The number of nitro benzene ring substituents is 1. The summed E-state index contributed by atoms with van der Waals surface area (Å²) in [6, 6.07) is 12.4. The predicted octanol–water partition coefficient (Wildman–Crippen LogP) is 3.29. The molecule has 0 aliphatic rings. The molecule has 0 spiro atoms. The molecule has 0 aliphatic carbocycles. The number of hydrogen-bond acceptors (Lipinski definition) is 4. The summed E-state index contributed by atoms with van der Waals surface area (Å²) in [5.74, 6) is -0.146. The molecule has 0 bridgehead atoms. The Morgan fingerprint density at radius 2 is 1.83 bits per heavy atom. The minimum Gasteiger partial charge on any atom is -0.365 e. The minimum absolute atomic E-state index is 0.0752. The number of nitro groups is 1. The zero-order valence-corrected chi connectivity index (χ0v) is 13.4. The van der Waals surface area contributed by atoms with Crippen LogP contribution in [0.4, 0.5) is 17.1 Å². The highest BCUT2D eigenvalue weighted by molar-refractivity contribution is 5.94. The molecule has 120 valence electrons. The van der Waals surface area contributed by atoms with Crippen LogP contribution in [0.25, 0.3) is 0 Å². The van der Waals surface area contributed by atoms with Crippen molar-refractivity contribution in [2.75, 3.05) is 23.8 Å². The number of hydrogen-bond donors (Lipinski definition) is 1. The summed E-state index contributed by atoms with van der Waals surface area (Å²) in [6.07, 6.45) is 0. The Bertz CT molecular complexity index is 726. The van der Waals surface area contributed by atoms with E-state index in [1.165, 1.54) is 6.07 Å². The molecule has 23 heavy (non-hydrogen) atoms. The standard InChI is InChI=1S/C17H19N3O3/c1-12-4-6-14(7-5-12)18-17(21)11-19(3)15-8-9-16(20(22)23)13(2)10-15/h4-10H,11H2,1-3H3,(H,18,21). The molecular weight excluding hydrogens is 294 g/mol. The molecule has 1 N–H and O–H groups in total. The number of amides is 1. The molecule has 0 atom stereocenters. The number of carbonyl (C=O) groups excluding carboxylic acids is 1. The van der Waals surface area contributed by atoms with Gasteiger partial charge in [0.1, 0.15) is 0 Å². The van der Waals surface area contributed by atoms with Crippen molar-refractivity contribution in [1.29, 1.82) is 0 Å². The molecule has 6 heteroatoms. The van der Waals surface area contributed by atoms with Crippen LogP contribution >= 0.6 is 0 Å². The van der Waals surface area contributed by atoms with E-state index in [0.29, 0.717) is 5.56 Å². The van der Waals surface area contributed by atoms with Gasteiger partial charge >= 0.3 is 0 Å². The van der Waals surface area contributed by atoms with Crippen molar-refractivity contribution in [3.05, 3.63) is 63.7 Å². The van der Waals surface area contributed by atoms with Crippen molar-refractivity contribution in [3.8, 4) is 0 Å². The number of aryl methyl sites for hydroxylation is 2. The van der Waals surface area contributed by atoms with Crippen molar-refractivity contribution in [2.24, 2.45) is 0 Å². The monoisotopic (exact) mass is 313 g/mol. The first-order valence-electron chi connectivity index (χ1n) is 7.19. The van der Waals surface area contributed by atoms with Gasteiger partial charge in [-0.2, -0.15) is 0 Å². The summed E-state index contributed by atoms with van der Waals surface area (Å²) in [7, 11) is 1.77. The Morgan fingerprint density at radius 3 is 2.39 bits per heavy atom. The number of likely N-dealkylation sites (N-methyl/N-ethyl adjacent to an activating group) is 1. The molecule has 2 aromatic rings. The van der Waals surface area contributed by atoms with Gasteiger partial charge in [0.15, 0.2) is 0 Å². The highest BCUT2D eigenvalue weighted by Crippen LogP contribution is 2.23. The lowest BCUT2D eigenvalue weighted by atomic mass is 10.1. The second-order valence-electron chi connectivity index (χ2n) is 5.50. The summed E-state index contributed by atoms with van der Waals surface area (Å²) >= 11 is 0. The third-order valence-electron chi connectivity index (χ3n) is 3.53. The molecule has 0 radical (unpaired) electrons. The quantitative estimate of drug-likeness (QED) is 0.679. The minimum atomic E-state index is -0.413. The van der Waals surface area contributed by atoms with E-state index in [1.807, 2.05) is 31.2 Å². The maximum atomic E-state index is 12.1. The van der Waals surface area contributed by atoms with Crippen LogP contribution in [0.15, 0.2) is 42.5 Å². The fourth-order valence-corrected chi connectivity index (χ4v) is 2.23. The molecule has 0 aliphatic heterocycles. The molecule has 2 rings (SSSR count). The molecule has 2 aromatic carbocycles. The third kappa shape index (κ3) is 4.29. The van der Waals surface area contributed by atoms with Crippen LogP contribution in [0.5, 0.6) is 0 Å². The van der Waals surface area contributed by atoms with Crippen molar-refractivity contribution in [1.82, 2.24) is 0 Å². The van der Waals surface area contributed by atoms with E-state index in [-0.39, 0.29) is 18.1 Å². The maximum Gasteiger partial charge on any atom is 0.272 e. The average Bonchev–Trinajstić information content (AvgIpc) is 2.49. The van der Waals surface area contributed by atoms with Crippen molar-refractivity contribution in [2.45, 2.75) is 13.8 Å². The first-order valence-corrected chi connectivity index (χ1v) is 7.19. The second-order valence-corrected chi connectivity index (χ2v) is 5.50. The predicted molar refractivity (Wildman–Crippen MR) is 90.9 cm³/mol. The van der Waals surface area contributed by atoms with Gasteiger partial charge in [0.25, 0.3) is 5.69 Å². The topological polar surface area (TPSA) is 75.5 Å². The van der Waals surface area contributed by atoms with Crippen molar-refractivity contribution >= 4 is 23.0 Å². The highest BCUT2D eigenvalue weighted by atomic mass is 16.6. The van der Waals surface area contributed by atoms with Gasteiger partial charge in [-0.3, -0.25) is 14.9 Å². The average molecular weight is 313 g/mol. The highest BCUT2D eigenvalue weighted by Gasteiger charge is 2.13. The van der Waals surface area contributed by atoms with E-state index in [2.05, 4.69) is 5.32 Å². The van der Waals surface area contributed by atoms with Crippen molar-refractivity contribution in [3.63, 3.8) is 0 Å². The summed E-state index contributed by atoms with van der Waals surface area (Å²) in [4.78, 5) is 24.3. The van der Waals surface area contributed by atoms with Gasteiger partial charge in [-0.15, -0.1) is 0 Å². The first kappa shape index (κ1) is 16.5. The van der Waals surface area contributed by atoms with Crippen LogP contribution in [0.3, 0.4) is 0 Å². The fourth-order valence-electron chi connectivity index (χ4n) is 2.23. The molecule has 0 saturated heterocycles. The molecule has 0 heterocycles. The van der Waals surface area contributed by atoms with Crippen LogP contribution in [0.2, 0.25) is 0 Å². The van der Waals surface area contributed by atoms with E-state index in [4.69, 9.17) is 0 Å². The second kappa shape index (κ2) is 6.91. The number of nitrogens with zero attached hydrogens (tertiary/aromatic N) is 2. The molecule has 0 fully saturated rings. The molecule has 1 amide bonds. The van der Waals surface area contributed by atoms with Crippen LogP contribution in [0, 0.1) is 24.0 Å². The number of rotatable bonds is 5. The Kier molecular flexibility index (Phi) is 4.95. The van der Waals surface area contributed by atoms with Gasteiger partial charge in [-0.25, -0.2) is 0 Å². The lowest BCUT2D eigenvalue weighted by Gasteiger charge is -2.19. The SMILES string of the molecule is Cc1ccc(NC(=O)CN(C)c2ccc([N+](=O)[O-])c(C)c2)cc1. The number of anilines is 2. The molecule has 6 nitrogen and oxygen atoms in total. The fraction of sp³-hybridized carbons (Fsp3) is 0.235. The van der Waals surface area contributed by atoms with Gasteiger partial charge in [0, 0.05) is 30.1 Å². The third-order valence-corrected chi connectivity index (χ3v) is 3.53. The van der Waals surface area contributed by atoms with Gasteiger partial charge in [0.05, 0.1) is 11.5 Å². The van der Waals surface area contributed by atoms with E-state index < -0.39 is 4.92 Å². The van der Waals surface area contributed by atoms with Crippen LogP contribution in [0.1, 0.15) is 11.1 Å². The van der Waals surface area contributed by atoms with Gasteiger partial charge in [-0.1, -0.05) is 17.7 Å². The van der Waals surface area contributed by atoms with Gasteiger partial charge in [0.2, 0.25) is 5.91 Å². The summed E-state index contributed by atoms with van der Waals surface area (Å²) < 4.78 is 0. The number of benzene rings is 2. The Hall–Kier alpha value is -2.89. The van der Waals surface area contributed by atoms with Gasteiger partial charge < -0.3 is 10.2 Å². The summed E-state index contributed by atoms with van der Waals surface area (Å²) in [5.41, 5.74) is 3.27. The van der Waals surface area contributed by atoms with Gasteiger partial charge in [-0.05, 0) is 38.1 Å².